The Morgan fingerprint density at radius 3 is 3.31 bits per heavy atom. The Balaban J connectivity index is 1.92. The summed E-state index contributed by atoms with van der Waals surface area (Å²) in [4.78, 5) is 8.44. The first-order valence-corrected chi connectivity index (χ1v) is 5.83. The van der Waals surface area contributed by atoms with E-state index in [1.54, 1.807) is 12.3 Å². The Morgan fingerprint density at radius 1 is 1.62 bits per heavy atom. The van der Waals surface area contributed by atoms with Crippen LogP contribution < -0.4 is 15.4 Å². The van der Waals surface area contributed by atoms with E-state index >= 15 is 0 Å². The summed E-state index contributed by atoms with van der Waals surface area (Å²) in [6.07, 6.45) is 4.07. The molecule has 0 radical (unpaired) electrons. The number of nitrogens with zero attached hydrogens (tertiary/aromatic N) is 2. The van der Waals surface area contributed by atoms with E-state index in [-0.39, 0.29) is 6.10 Å². The first kappa shape index (κ1) is 11.1. The van der Waals surface area contributed by atoms with Gasteiger partial charge >= 0.3 is 0 Å². The number of ether oxygens (including phenoxy) is 1. The first-order valence-electron chi connectivity index (χ1n) is 5.83. The van der Waals surface area contributed by atoms with Gasteiger partial charge in [-0.15, -0.1) is 0 Å². The predicted octanol–water partition coefficient (Wildman–Crippen LogP) is 1.04. The average Bonchev–Trinajstić information content (AvgIpc) is 2.80. The van der Waals surface area contributed by atoms with Crippen molar-refractivity contribution in [2.24, 2.45) is 0 Å². The summed E-state index contributed by atoms with van der Waals surface area (Å²) in [5, 5.41) is 6.40. The summed E-state index contributed by atoms with van der Waals surface area (Å²) >= 11 is 0. The maximum atomic E-state index is 5.74. The lowest BCUT2D eigenvalue weighted by Gasteiger charge is -2.11. The molecule has 0 aliphatic carbocycles. The molecule has 1 fully saturated rings. The molecule has 0 bridgehead atoms. The van der Waals surface area contributed by atoms with E-state index in [0.29, 0.717) is 11.8 Å². The minimum atomic E-state index is 0.244. The minimum Gasteiger partial charge on any atom is -0.473 e. The van der Waals surface area contributed by atoms with Crippen LogP contribution in [0.5, 0.6) is 5.88 Å². The van der Waals surface area contributed by atoms with Crippen molar-refractivity contribution in [2.75, 3.05) is 25.0 Å². The van der Waals surface area contributed by atoms with Gasteiger partial charge in [0.05, 0.1) is 0 Å². The molecule has 0 aromatic carbocycles. The largest absolute Gasteiger partial charge is 0.473 e. The third-order valence-corrected chi connectivity index (χ3v) is 2.47. The van der Waals surface area contributed by atoms with Crippen LogP contribution in [0, 0.1) is 0 Å². The predicted molar refractivity (Wildman–Crippen MR) is 62.7 cm³/mol. The summed E-state index contributed by atoms with van der Waals surface area (Å²) in [6.45, 7) is 4.92. The number of hydrogen-bond donors (Lipinski definition) is 2. The third-order valence-electron chi connectivity index (χ3n) is 2.47. The number of rotatable bonds is 5. The first-order chi connectivity index (χ1) is 7.88. The van der Waals surface area contributed by atoms with Crippen LogP contribution in [-0.2, 0) is 0 Å². The van der Waals surface area contributed by atoms with Crippen LogP contribution in [0.3, 0.4) is 0 Å². The van der Waals surface area contributed by atoms with Crippen LogP contribution in [0.1, 0.15) is 19.8 Å². The van der Waals surface area contributed by atoms with E-state index in [1.165, 1.54) is 0 Å². The van der Waals surface area contributed by atoms with Crippen LogP contribution in [-0.4, -0.2) is 35.7 Å². The summed E-state index contributed by atoms with van der Waals surface area (Å²) in [5.74, 6) is 1.30. The molecule has 1 aromatic rings. The van der Waals surface area contributed by atoms with Crippen molar-refractivity contribution in [3.63, 3.8) is 0 Å². The van der Waals surface area contributed by atoms with Crippen molar-refractivity contribution in [1.29, 1.82) is 0 Å². The highest BCUT2D eigenvalue weighted by molar-refractivity contribution is 5.27. The normalized spacial score (nSPS) is 19.7. The number of anilines is 1. The van der Waals surface area contributed by atoms with Gasteiger partial charge in [0.15, 0.2) is 0 Å². The molecular weight excluding hydrogens is 204 g/mol. The van der Waals surface area contributed by atoms with Gasteiger partial charge in [-0.2, -0.15) is 4.98 Å². The molecule has 0 saturated carbocycles. The monoisotopic (exact) mass is 222 g/mol. The molecule has 1 atom stereocenters. The van der Waals surface area contributed by atoms with Crippen LogP contribution in [0.4, 0.5) is 5.95 Å². The second-order valence-electron chi connectivity index (χ2n) is 3.88. The van der Waals surface area contributed by atoms with E-state index in [9.17, 15) is 0 Å². The molecule has 2 N–H and O–H groups in total. The Bertz CT molecular complexity index is 326. The lowest BCUT2D eigenvalue weighted by Crippen LogP contribution is -2.20. The van der Waals surface area contributed by atoms with Crippen molar-refractivity contribution < 1.29 is 4.74 Å². The standard InChI is InChI=1S/C11H18N4O/c1-2-5-13-11-14-7-4-10(15-11)16-9-3-6-12-8-9/h4,7,9,12H,2-3,5-6,8H2,1H3,(H,13,14,15). The molecular formula is C11H18N4O. The smallest absolute Gasteiger partial charge is 0.225 e. The highest BCUT2D eigenvalue weighted by Crippen LogP contribution is 2.13. The van der Waals surface area contributed by atoms with E-state index in [2.05, 4.69) is 27.5 Å². The second-order valence-corrected chi connectivity index (χ2v) is 3.88. The SMILES string of the molecule is CCCNc1nccc(OC2CCNC2)n1. The van der Waals surface area contributed by atoms with Gasteiger partial charge in [-0.1, -0.05) is 6.92 Å². The molecule has 1 aliphatic heterocycles. The van der Waals surface area contributed by atoms with E-state index in [0.717, 1.165) is 32.5 Å². The summed E-state index contributed by atoms with van der Waals surface area (Å²) in [5.41, 5.74) is 0. The fourth-order valence-corrected chi connectivity index (χ4v) is 1.63. The molecule has 1 aromatic heterocycles. The number of hydrogen-bond acceptors (Lipinski definition) is 5. The molecule has 5 nitrogen and oxygen atoms in total. The molecule has 1 aliphatic rings. The fourth-order valence-electron chi connectivity index (χ4n) is 1.63. The van der Waals surface area contributed by atoms with Gasteiger partial charge in [0, 0.05) is 25.4 Å². The van der Waals surface area contributed by atoms with Gasteiger partial charge < -0.3 is 15.4 Å². The van der Waals surface area contributed by atoms with Crippen molar-refractivity contribution in [3.8, 4) is 5.88 Å². The maximum Gasteiger partial charge on any atom is 0.225 e. The molecule has 16 heavy (non-hydrogen) atoms. The third kappa shape index (κ3) is 3.06. The molecule has 5 heteroatoms. The Labute approximate surface area is 95.6 Å². The summed E-state index contributed by atoms with van der Waals surface area (Å²) < 4.78 is 5.74. The van der Waals surface area contributed by atoms with Crippen LogP contribution in [0.15, 0.2) is 12.3 Å². The van der Waals surface area contributed by atoms with Gasteiger partial charge in [-0.25, -0.2) is 4.98 Å². The van der Waals surface area contributed by atoms with Gasteiger partial charge in [0.1, 0.15) is 6.10 Å². The van der Waals surface area contributed by atoms with E-state index < -0.39 is 0 Å². The van der Waals surface area contributed by atoms with Crippen molar-refractivity contribution in [2.45, 2.75) is 25.9 Å². The topological polar surface area (TPSA) is 59.1 Å². The summed E-state index contributed by atoms with van der Waals surface area (Å²) in [7, 11) is 0. The second kappa shape index (κ2) is 5.65. The maximum absolute atomic E-state index is 5.74. The molecule has 1 unspecified atom stereocenters. The van der Waals surface area contributed by atoms with Crippen LogP contribution in [0.25, 0.3) is 0 Å². The quantitative estimate of drug-likeness (QED) is 0.779. The fraction of sp³-hybridized carbons (Fsp3) is 0.636. The van der Waals surface area contributed by atoms with E-state index in [1.807, 2.05) is 0 Å². The van der Waals surface area contributed by atoms with Crippen LogP contribution in [0.2, 0.25) is 0 Å². The van der Waals surface area contributed by atoms with Gasteiger partial charge in [0.25, 0.3) is 0 Å². The minimum absolute atomic E-state index is 0.244. The lowest BCUT2D eigenvalue weighted by molar-refractivity contribution is 0.214. The highest BCUT2D eigenvalue weighted by atomic mass is 16.5. The number of nitrogens with one attached hydrogen (secondary N) is 2. The molecule has 1 saturated heterocycles. The van der Waals surface area contributed by atoms with Gasteiger partial charge in [-0.3, -0.25) is 0 Å². The molecule has 0 amide bonds. The molecule has 2 rings (SSSR count). The lowest BCUT2D eigenvalue weighted by atomic mass is 10.3. The van der Waals surface area contributed by atoms with Gasteiger partial charge in [0.2, 0.25) is 11.8 Å². The molecule has 2 heterocycles. The van der Waals surface area contributed by atoms with E-state index in [4.69, 9.17) is 4.74 Å². The summed E-state index contributed by atoms with van der Waals surface area (Å²) in [6, 6.07) is 1.80. The zero-order valence-electron chi connectivity index (χ0n) is 9.57. The van der Waals surface area contributed by atoms with Crippen molar-refractivity contribution in [1.82, 2.24) is 15.3 Å². The zero-order chi connectivity index (χ0) is 11.2. The number of aromatic nitrogens is 2. The average molecular weight is 222 g/mol. The Hall–Kier alpha value is -1.36. The Kier molecular flexibility index (Phi) is 3.93. The van der Waals surface area contributed by atoms with Crippen LogP contribution >= 0.6 is 0 Å². The molecule has 88 valence electrons. The highest BCUT2D eigenvalue weighted by Gasteiger charge is 2.16. The van der Waals surface area contributed by atoms with Crippen molar-refractivity contribution in [3.05, 3.63) is 12.3 Å². The van der Waals surface area contributed by atoms with Crippen molar-refractivity contribution >= 4 is 5.95 Å². The Morgan fingerprint density at radius 2 is 2.56 bits per heavy atom. The van der Waals surface area contributed by atoms with Gasteiger partial charge in [-0.05, 0) is 19.4 Å². The zero-order valence-corrected chi connectivity index (χ0v) is 9.57. The molecule has 0 spiro atoms.